The van der Waals surface area contributed by atoms with Crippen LogP contribution in [-0.2, 0) is 17.6 Å². The second kappa shape index (κ2) is 7.85. The van der Waals surface area contributed by atoms with Crippen molar-refractivity contribution in [2.75, 3.05) is 7.11 Å². The van der Waals surface area contributed by atoms with E-state index in [0.717, 1.165) is 58.2 Å². The highest BCUT2D eigenvalue weighted by Crippen LogP contribution is 2.29. The van der Waals surface area contributed by atoms with Gasteiger partial charge in [0, 0.05) is 5.56 Å². The number of carbonyl (C=O) groups excluding carboxylic acids is 1. The van der Waals surface area contributed by atoms with Crippen molar-refractivity contribution >= 4 is 22.4 Å². The molecule has 3 aromatic carbocycles. The Kier molecular flexibility index (Phi) is 5.11. The fraction of sp³-hybridized carbons (Fsp3) is 0.250. The summed E-state index contributed by atoms with van der Waals surface area (Å²) in [5.41, 5.74) is 8.16. The van der Waals surface area contributed by atoms with Crippen LogP contribution in [0.25, 0.3) is 10.8 Å². The summed E-state index contributed by atoms with van der Waals surface area (Å²) in [5.74, 6) is 0.807. The highest BCUT2D eigenvalue weighted by Gasteiger charge is 2.18. The summed E-state index contributed by atoms with van der Waals surface area (Å²) >= 11 is 0. The van der Waals surface area contributed by atoms with Crippen molar-refractivity contribution in [2.45, 2.75) is 32.6 Å². The van der Waals surface area contributed by atoms with Gasteiger partial charge in [-0.15, -0.1) is 0 Å². The fourth-order valence-electron chi connectivity index (χ4n) is 3.91. The van der Waals surface area contributed by atoms with E-state index in [1.807, 2.05) is 31.2 Å². The molecule has 1 N–H and O–H groups in total. The predicted octanol–water partition coefficient (Wildman–Crippen LogP) is 4.56. The van der Waals surface area contributed by atoms with Gasteiger partial charge in [-0.05, 0) is 65.8 Å². The van der Waals surface area contributed by atoms with Gasteiger partial charge in [-0.25, -0.2) is 5.43 Å². The number of fused-ring (bicyclic) bond motifs is 2. The molecule has 4 nitrogen and oxygen atoms in total. The quantitative estimate of drug-likeness (QED) is 0.683. The van der Waals surface area contributed by atoms with E-state index in [9.17, 15) is 4.79 Å². The number of amides is 1. The molecule has 0 fully saturated rings. The molecule has 0 aromatic heterocycles. The van der Waals surface area contributed by atoms with Crippen LogP contribution in [0, 0.1) is 6.92 Å². The number of hydrogen-bond donors (Lipinski definition) is 1. The van der Waals surface area contributed by atoms with E-state index in [0.29, 0.717) is 6.42 Å². The number of rotatable bonds is 4. The Labute approximate surface area is 165 Å². The van der Waals surface area contributed by atoms with Crippen LogP contribution in [0.5, 0.6) is 5.75 Å². The van der Waals surface area contributed by atoms with Crippen LogP contribution in [0.15, 0.2) is 59.7 Å². The van der Waals surface area contributed by atoms with E-state index in [1.165, 1.54) is 5.56 Å². The Hall–Kier alpha value is -3.14. The first-order valence-corrected chi connectivity index (χ1v) is 9.65. The molecular formula is C24H24N2O2. The molecule has 1 aliphatic carbocycles. The predicted molar refractivity (Wildman–Crippen MR) is 113 cm³/mol. The average Bonchev–Trinajstić information content (AvgIpc) is 2.72. The molecule has 1 aliphatic rings. The Morgan fingerprint density at radius 1 is 1.11 bits per heavy atom. The fourth-order valence-corrected chi connectivity index (χ4v) is 3.91. The summed E-state index contributed by atoms with van der Waals surface area (Å²) in [4.78, 5) is 12.5. The first-order chi connectivity index (χ1) is 13.7. The van der Waals surface area contributed by atoms with Gasteiger partial charge in [-0.2, -0.15) is 5.10 Å². The van der Waals surface area contributed by atoms with Gasteiger partial charge in [0.25, 0.3) is 0 Å². The van der Waals surface area contributed by atoms with Gasteiger partial charge in [0.15, 0.2) is 0 Å². The van der Waals surface area contributed by atoms with Crippen LogP contribution in [0.2, 0.25) is 0 Å². The molecule has 0 unspecified atom stereocenters. The second-order valence-electron chi connectivity index (χ2n) is 7.24. The van der Waals surface area contributed by atoms with Gasteiger partial charge in [0.2, 0.25) is 5.91 Å². The first kappa shape index (κ1) is 18.2. The van der Waals surface area contributed by atoms with Crippen molar-refractivity contribution < 1.29 is 9.53 Å². The topological polar surface area (TPSA) is 50.7 Å². The smallest absolute Gasteiger partial charge is 0.244 e. The van der Waals surface area contributed by atoms with E-state index < -0.39 is 0 Å². The molecule has 0 heterocycles. The Bertz CT molecular complexity index is 1060. The van der Waals surface area contributed by atoms with Crippen LogP contribution in [0.3, 0.4) is 0 Å². The van der Waals surface area contributed by atoms with Crippen LogP contribution in [0.4, 0.5) is 0 Å². The molecule has 0 aliphatic heterocycles. The summed E-state index contributed by atoms with van der Waals surface area (Å²) in [5, 5.41) is 6.73. The van der Waals surface area contributed by atoms with Gasteiger partial charge in [0.1, 0.15) is 5.75 Å². The minimum Gasteiger partial charge on any atom is -0.496 e. The summed E-state index contributed by atoms with van der Waals surface area (Å²) in [6, 6.07) is 18.4. The largest absolute Gasteiger partial charge is 0.496 e. The molecule has 0 saturated heterocycles. The number of benzene rings is 3. The van der Waals surface area contributed by atoms with Crippen LogP contribution >= 0.6 is 0 Å². The monoisotopic (exact) mass is 372 g/mol. The highest BCUT2D eigenvalue weighted by atomic mass is 16.5. The van der Waals surface area contributed by atoms with E-state index in [4.69, 9.17) is 4.74 Å². The summed E-state index contributed by atoms with van der Waals surface area (Å²) in [6.45, 7) is 2.03. The van der Waals surface area contributed by atoms with Gasteiger partial charge in [-0.3, -0.25) is 4.79 Å². The van der Waals surface area contributed by atoms with Gasteiger partial charge in [-0.1, -0.05) is 42.5 Å². The van der Waals surface area contributed by atoms with Crippen molar-refractivity contribution in [1.82, 2.24) is 5.43 Å². The normalized spacial score (nSPS) is 14.7. The van der Waals surface area contributed by atoms with Crippen molar-refractivity contribution in [3.63, 3.8) is 0 Å². The zero-order valence-electron chi connectivity index (χ0n) is 16.3. The maximum absolute atomic E-state index is 12.5. The summed E-state index contributed by atoms with van der Waals surface area (Å²) in [6.07, 6.45) is 3.21. The molecule has 1 amide bonds. The number of nitrogens with one attached hydrogen (secondary N) is 1. The maximum Gasteiger partial charge on any atom is 0.244 e. The standard InChI is InChI=1S/C24H24N2O2/c1-16-13-21-18(14-23(16)28-2)10-6-12-22(21)25-26-24(27)15-19-9-5-8-17-7-3-4-11-20(17)19/h3-5,7-9,11,13-14H,6,10,12,15H2,1-2H3,(H,26,27)/b25-22-. The Morgan fingerprint density at radius 3 is 2.79 bits per heavy atom. The van der Waals surface area contributed by atoms with E-state index >= 15 is 0 Å². The zero-order chi connectivity index (χ0) is 19.5. The van der Waals surface area contributed by atoms with Crippen LogP contribution in [-0.4, -0.2) is 18.7 Å². The third kappa shape index (κ3) is 3.63. The number of carbonyl (C=O) groups is 1. The van der Waals surface area contributed by atoms with Crippen molar-refractivity contribution in [3.05, 3.63) is 76.9 Å². The van der Waals surface area contributed by atoms with Crippen molar-refractivity contribution in [3.8, 4) is 5.75 Å². The number of nitrogens with zero attached hydrogens (tertiary/aromatic N) is 1. The molecule has 0 saturated carbocycles. The van der Waals surface area contributed by atoms with E-state index in [1.54, 1.807) is 7.11 Å². The average molecular weight is 372 g/mol. The Morgan fingerprint density at radius 2 is 1.93 bits per heavy atom. The highest BCUT2D eigenvalue weighted by molar-refractivity contribution is 6.03. The second-order valence-corrected chi connectivity index (χ2v) is 7.24. The van der Waals surface area contributed by atoms with Crippen molar-refractivity contribution in [2.24, 2.45) is 5.10 Å². The molecule has 28 heavy (non-hydrogen) atoms. The molecule has 142 valence electrons. The van der Waals surface area contributed by atoms with E-state index in [-0.39, 0.29) is 5.91 Å². The number of ether oxygens (including phenoxy) is 1. The third-order valence-corrected chi connectivity index (χ3v) is 5.34. The molecule has 0 bridgehead atoms. The Balaban J connectivity index is 1.53. The zero-order valence-corrected chi connectivity index (χ0v) is 16.3. The lowest BCUT2D eigenvalue weighted by Crippen LogP contribution is -2.23. The first-order valence-electron chi connectivity index (χ1n) is 9.65. The van der Waals surface area contributed by atoms with E-state index in [2.05, 4.69) is 40.9 Å². The molecule has 0 radical (unpaired) electrons. The lowest BCUT2D eigenvalue weighted by atomic mass is 9.88. The summed E-state index contributed by atoms with van der Waals surface area (Å²) in [7, 11) is 1.69. The number of hydrazone groups is 1. The van der Waals surface area contributed by atoms with Gasteiger partial charge < -0.3 is 4.74 Å². The minimum absolute atomic E-state index is 0.0961. The van der Waals surface area contributed by atoms with Gasteiger partial charge in [0.05, 0.1) is 19.2 Å². The number of hydrogen-bond acceptors (Lipinski definition) is 3. The lowest BCUT2D eigenvalue weighted by molar-refractivity contribution is -0.120. The molecule has 4 heteroatoms. The van der Waals surface area contributed by atoms with Crippen LogP contribution in [0.1, 0.15) is 35.1 Å². The molecule has 3 aromatic rings. The summed E-state index contributed by atoms with van der Waals surface area (Å²) < 4.78 is 5.44. The molecular weight excluding hydrogens is 348 g/mol. The number of methoxy groups -OCH3 is 1. The SMILES string of the molecule is COc1cc2c(cc1C)/C(=N\NC(=O)Cc1cccc3ccccc13)CCC2. The third-order valence-electron chi connectivity index (χ3n) is 5.34. The van der Waals surface area contributed by atoms with Crippen molar-refractivity contribution in [1.29, 1.82) is 0 Å². The maximum atomic E-state index is 12.5. The number of aryl methyl sites for hydroxylation is 2. The molecule has 0 atom stereocenters. The van der Waals surface area contributed by atoms with Gasteiger partial charge >= 0.3 is 0 Å². The minimum atomic E-state index is -0.0961. The molecule has 4 rings (SSSR count). The van der Waals surface area contributed by atoms with Crippen LogP contribution < -0.4 is 10.2 Å². The molecule has 0 spiro atoms. The lowest BCUT2D eigenvalue weighted by Gasteiger charge is -2.20.